The highest BCUT2D eigenvalue weighted by molar-refractivity contribution is 8.01. The Kier molecular flexibility index (Phi) is 4.12. The highest BCUT2D eigenvalue weighted by Gasteiger charge is 2.33. The third kappa shape index (κ3) is 3.54. The topological polar surface area (TPSA) is 70.5 Å². The third-order valence-electron chi connectivity index (χ3n) is 3.21. The fourth-order valence-corrected chi connectivity index (χ4v) is 4.03. The van der Waals surface area contributed by atoms with Gasteiger partial charge >= 0.3 is 5.97 Å². The second-order valence-electron chi connectivity index (χ2n) is 4.88. The van der Waals surface area contributed by atoms with Gasteiger partial charge in [-0.15, -0.1) is 11.3 Å². The number of carbonyl (C=O) groups is 2. The molecule has 1 aliphatic carbocycles. The summed E-state index contributed by atoms with van der Waals surface area (Å²) in [5.74, 6) is -0.840. The Morgan fingerprint density at radius 1 is 1.38 bits per heavy atom. The summed E-state index contributed by atoms with van der Waals surface area (Å²) < 4.78 is 1.94. The van der Waals surface area contributed by atoms with Gasteiger partial charge in [0.25, 0.3) is 0 Å². The summed E-state index contributed by atoms with van der Waals surface area (Å²) in [6, 6.07) is 7.95. The van der Waals surface area contributed by atoms with Crippen molar-refractivity contribution < 1.29 is 14.7 Å². The number of thiazole rings is 1. The molecule has 110 valence electrons. The zero-order chi connectivity index (χ0) is 14.8. The van der Waals surface area contributed by atoms with Gasteiger partial charge in [0.2, 0.25) is 5.91 Å². The predicted octanol–water partition coefficient (Wildman–Crippen LogP) is 2.46. The number of fused-ring (bicyclic) bond motifs is 1. The molecule has 0 aliphatic heterocycles. The molecule has 1 heterocycles. The van der Waals surface area contributed by atoms with Crippen molar-refractivity contribution in [1.82, 2.24) is 9.88 Å². The maximum Gasteiger partial charge on any atom is 0.323 e. The summed E-state index contributed by atoms with van der Waals surface area (Å²) in [6.45, 7) is -0.204. The van der Waals surface area contributed by atoms with Crippen LogP contribution in [0.25, 0.3) is 10.2 Å². The van der Waals surface area contributed by atoms with E-state index in [4.69, 9.17) is 5.11 Å². The SMILES string of the molecule is O=C(O)CN(C(=O)CSc1nc2ccccc2s1)C1CC1. The standard InChI is InChI=1S/C14H14N2O3S2/c17-12(16(7-13(18)19)9-5-6-9)8-20-14-15-10-3-1-2-4-11(10)21-14/h1-4,9H,5-8H2,(H,18,19). The average Bonchev–Trinajstić information content (AvgIpc) is 3.21. The molecule has 0 spiro atoms. The van der Waals surface area contributed by atoms with E-state index >= 15 is 0 Å². The maximum atomic E-state index is 12.2. The number of thioether (sulfide) groups is 1. The van der Waals surface area contributed by atoms with E-state index in [0.717, 1.165) is 27.4 Å². The molecule has 0 saturated heterocycles. The fourth-order valence-electron chi connectivity index (χ4n) is 2.07. The summed E-state index contributed by atoms with van der Waals surface area (Å²) in [7, 11) is 0. The van der Waals surface area contributed by atoms with Gasteiger partial charge in [-0.2, -0.15) is 0 Å². The number of para-hydroxylation sites is 1. The molecule has 1 fully saturated rings. The Morgan fingerprint density at radius 2 is 2.14 bits per heavy atom. The lowest BCUT2D eigenvalue weighted by molar-refractivity contribution is -0.143. The number of hydrogen-bond acceptors (Lipinski definition) is 5. The van der Waals surface area contributed by atoms with Gasteiger partial charge in [-0.25, -0.2) is 4.98 Å². The number of carboxylic acids is 1. The quantitative estimate of drug-likeness (QED) is 0.827. The van der Waals surface area contributed by atoms with Crippen molar-refractivity contribution in [3.8, 4) is 0 Å². The highest BCUT2D eigenvalue weighted by Crippen LogP contribution is 2.31. The lowest BCUT2D eigenvalue weighted by atomic mass is 10.3. The van der Waals surface area contributed by atoms with Crippen LogP contribution in [0.15, 0.2) is 28.6 Å². The van der Waals surface area contributed by atoms with Crippen LogP contribution >= 0.6 is 23.1 Å². The third-order valence-corrected chi connectivity index (χ3v) is 5.37. The smallest absolute Gasteiger partial charge is 0.323 e. The zero-order valence-electron chi connectivity index (χ0n) is 11.2. The lowest BCUT2D eigenvalue weighted by Crippen LogP contribution is -2.38. The molecule has 5 nitrogen and oxygen atoms in total. The Morgan fingerprint density at radius 3 is 2.81 bits per heavy atom. The van der Waals surface area contributed by atoms with E-state index in [9.17, 15) is 9.59 Å². The Balaban J connectivity index is 1.62. The van der Waals surface area contributed by atoms with Gasteiger partial charge in [0.05, 0.1) is 16.0 Å². The van der Waals surface area contributed by atoms with Crippen LogP contribution < -0.4 is 0 Å². The lowest BCUT2D eigenvalue weighted by Gasteiger charge is -2.19. The summed E-state index contributed by atoms with van der Waals surface area (Å²) >= 11 is 2.93. The molecule has 1 aromatic carbocycles. The summed E-state index contributed by atoms with van der Waals surface area (Å²) in [5.41, 5.74) is 0.932. The van der Waals surface area contributed by atoms with Crippen LogP contribution in [0, 0.1) is 0 Å². The number of aromatic nitrogens is 1. The molecule has 21 heavy (non-hydrogen) atoms. The van der Waals surface area contributed by atoms with Crippen LogP contribution in [0.1, 0.15) is 12.8 Å². The molecule has 0 atom stereocenters. The molecular weight excluding hydrogens is 308 g/mol. The predicted molar refractivity (Wildman–Crippen MR) is 82.7 cm³/mol. The Bertz CT molecular complexity index is 649. The second kappa shape index (κ2) is 6.03. The van der Waals surface area contributed by atoms with Crippen LogP contribution in [-0.4, -0.2) is 45.2 Å². The van der Waals surface area contributed by atoms with Gasteiger partial charge in [0, 0.05) is 6.04 Å². The van der Waals surface area contributed by atoms with Crippen LogP contribution in [0.5, 0.6) is 0 Å². The number of benzene rings is 1. The molecule has 1 aliphatic rings. The second-order valence-corrected chi connectivity index (χ2v) is 7.14. The van der Waals surface area contributed by atoms with Crippen molar-refractivity contribution in [3.63, 3.8) is 0 Å². The van der Waals surface area contributed by atoms with Gasteiger partial charge in [-0.1, -0.05) is 23.9 Å². The van der Waals surface area contributed by atoms with E-state index < -0.39 is 5.97 Å². The number of carbonyl (C=O) groups excluding carboxylic acids is 1. The van der Waals surface area contributed by atoms with Crippen molar-refractivity contribution in [2.75, 3.05) is 12.3 Å². The maximum absolute atomic E-state index is 12.2. The molecule has 1 aromatic heterocycles. The van der Waals surface area contributed by atoms with Gasteiger partial charge < -0.3 is 10.0 Å². The van der Waals surface area contributed by atoms with E-state index in [1.54, 1.807) is 11.3 Å². The summed E-state index contributed by atoms with van der Waals surface area (Å²) in [6.07, 6.45) is 1.82. The minimum atomic E-state index is -0.958. The minimum absolute atomic E-state index is 0.115. The average molecular weight is 322 g/mol. The number of nitrogens with zero attached hydrogens (tertiary/aromatic N) is 2. The van der Waals surface area contributed by atoms with Gasteiger partial charge in [-0.05, 0) is 25.0 Å². The van der Waals surface area contributed by atoms with Crippen molar-refractivity contribution in [1.29, 1.82) is 0 Å². The number of hydrogen-bond donors (Lipinski definition) is 1. The molecule has 0 unspecified atom stereocenters. The van der Waals surface area contributed by atoms with E-state index in [1.165, 1.54) is 16.7 Å². The van der Waals surface area contributed by atoms with Gasteiger partial charge in [0.1, 0.15) is 6.54 Å². The number of carboxylic acid groups (broad SMARTS) is 1. The fraction of sp³-hybridized carbons (Fsp3) is 0.357. The minimum Gasteiger partial charge on any atom is -0.480 e. The van der Waals surface area contributed by atoms with E-state index in [1.807, 2.05) is 24.3 Å². The molecular formula is C14H14N2O3S2. The van der Waals surface area contributed by atoms with Crippen LogP contribution in [0.2, 0.25) is 0 Å². The molecule has 0 bridgehead atoms. The first kappa shape index (κ1) is 14.3. The first-order chi connectivity index (χ1) is 10.1. The highest BCUT2D eigenvalue weighted by atomic mass is 32.2. The van der Waals surface area contributed by atoms with E-state index in [2.05, 4.69) is 4.98 Å². The normalized spacial score (nSPS) is 14.3. The molecule has 1 amide bonds. The Labute approximate surface area is 130 Å². The van der Waals surface area contributed by atoms with Crippen molar-refractivity contribution in [2.24, 2.45) is 0 Å². The largest absolute Gasteiger partial charge is 0.480 e. The van der Waals surface area contributed by atoms with Crippen molar-refractivity contribution in [3.05, 3.63) is 24.3 Å². The zero-order valence-corrected chi connectivity index (χ0v) is 12.8. The van der Waals surface area contributed by atoms with Crippen LogP contribution in [-0.2, 0) is 9.59 Å². The molecule has 1 saturated carbocycles. The van der Waals surface area contributed by atoms with Gasteiger partial charge in [0.15, 0.2) is 4.34 Å². The van der Waals surface area contributed by atoms with Crippen LogP contribution in [0.3, 0.4) is 0 Å². The number of aliphatic carboxylic acids is 1. The molecule has 7 heteroatoms. The number of rotatable bonds is 6. The van der Waals surface area contributed by atoms with Crippen molar-refractivity contribution >= 4 is 45.2 Å². The monoisotopic (exact) mass is 322 g/mol. The summed E-state index contributed by atoms with van der Waals surface area (Å²) in [4.78, 5) is 28.9. The van der Waals surface area contributed by atoms with E-state index in [0.29, 0.717) is 0 Å². The molecule has 2 aromatic rings. The Hall–Kier alpha value is -1.60. The first-order valence-corrected chi connectivity index (χ1v) is 8.43. The van der Waals surface area contributed by atoms with E-state index in [-0.39, 0.29) is 24.2 Å². The first-order valence-electron chi connectivity index (χ1n) is 6.63. The molecule has 0 radical (unpaired) electrons. The van der Waals surface area contributed by atoms with Crippen molar-refractivity contribution in [2.45, 2.75) is 23.2 Å². The van der Waals surface area contributed by atoms with Gasteiger partial charge in [-0.3, -0.25) is 9.59 Å². The molecule has 1 N–H and O–H groups in total. The molecule has 3 rings (SSSR count). The summed E-state index contributed by atoms with van der Waals surface area (Å²) in [5, 5.41) is 8.88. The number of amides is 1. The van der Waals surface area contributed by atoms with Crippen LogP contribution in [0.4, 0.5) is 0 Å².